The summed E-state index contributed by atoms with van der Waals surface area (Å²) in [6, 6.07) is 32.7. The maximum Gasteiger partial charge on any atom is 0.192 e. The van der Waals surface area contributed by atoms with Gasteiger partial charge in [0.25, 0.3) is 0 Å². The van der Waals surface area contributed by atoms with Gasteiger partial charge in [-0.05, 0) is 88.3 Å². The number of hydrogen-bond acceptors (Lipinski definition) is 6. The van der Waals surface area contributed by atoms with Crippen molar-refractivity contribution in [3.63, 3.8) is 0 Å². The smallest absolute Gasteiger partial charge is 0.192 e. The van der Waals surface area contributed by atoms with Crippen molar-refractivity contribution in [3.05, 3.63) is 133 Å². The highest BCUT2D eigenvalue weighted by atomic mass is 28.4. The number of fused-ring (bicyclic) bond motifs is 3. The molecule has 6 rings (SSSR count). The summed E-state index contributed by atoms with van der Waals surface area (Å²) in [5, 5.41) is 4.75. The lowest BCUT2D eigenvalue weighted by atomic mass is 10.0. The lowest BCUT2D eigenvalue weighted by Gasteiger charge is -2.39. The van der Waals surface area contributed by atoms with Crippen LogP contribution >= 0.6 is 0 Å². The predicted molar refractivity (Wildman–Crippen MR) is 208 cm³/mol. The standard InChI is InChI=1S/C44H52O6Si/c1-4-51(5-2,6-3)50-42-22-13-21-40-39(48-41(42)23-14-28-45)19-11-12-20-43(46-31-33-24-26-35-15-7-9-17-37(35)29-33)44(49-40)47-32-34-25-27-36-16-8-10-18-38(36)30-34/h7-18,21,23-30,39-44H,4-6,19-20,22,31-32H2,1-3H3/b12-11-,21-13-,23-14+/t39-,40+,41+,42-,43+,44+/m1/s1. The van der Waals surface area contributed by atoms with Gasteiger partial charge in [0.2, 0.25) is 0 Å². The van der Waals surface area contributed by atoms with Gasteiger partial charge >= 0.3 is 0 Å². The Bertz CT molecular complexity index is 1800. The molecule has 2 aliphatic rings. The Balaban J connectivity index is 1.26. The molecular weight excluding hydrogens is 653 g/mol. The van der Waals surface area contributed by atoms with E-state index in [0.29, 0.717) is 32.5 Å². The number of ether oxygens (including phenoxy) is 4. The van der Waals surface area contributed by atoms with E-state index >= 15 is 0 Å². The Morgan fingerprint density at radius 3 is 1.90 bits per heavy atom. The minimum absolute atomic E-state index is 0.181. The second kappa shape index (κ2) is 18.2. The number of rotatable bonds is 13. The van der Waals surface area contributed by atoms with Gasteiger partial charge in [-0.3, -0.25) is 4.79 Å². The SMILES string of the molecule is CC[Si](CC)(CC)O[C@@H]1C/C=C\[C@@H]2O[C@H](OCc3ccc4ccccc4c3)[C@@H](OCc3ccc4ccccc4c3)C/C=C\C[C@H]2O[C@H]1/C=C/C=O. The molecule has 2 aliphatic heterocycles. The molecule has 6 nitrogen and oxygen atoms in total. The lowest BCUT2D eigenvalue weighted by molar-refractivity contribution is -0.243. The monoisotopic (exact) mass is 704 g/mol. The summed E-state index contributed by atoms with van der Waals surface area (Å²) in [5.74, 6) is 0. The Morgan fingerprint density at radius 1 is 0.686 bits per heavy atom. The van der Waals surface area contributed by atoms with E-state index in [1.165, 1.54) is 27.6 Å². The molecule has 0 fully saturated rings. The molecular formula is C44H52O6Si. The van der Waals surface area contributed by atoms with Crippen molar-refractivity contribution >= 4 is 36.1 Å². The summed E-state index contributed by atoms with van der Waals surface area (Å²) >= 11 is 0. The first-order chi connectivity index (χ1) is 25.0. The number of benzene rings is 4. The van der Waals surface area contributed by atoms with Crippen molar-refractivity contribution in [2.75, 3.05) is 0 Å². The average Bonchev–Trinajstić information content (AvgIpc) is 3.24. The van der Waals surface area contributed by atoms with Crippen molar-refractivity contribution < 1.29 is 28.2 Å². The molecule has 0 aliphatic carbocycles. The Kier molecular flexibility index (Phi) is 13.2. The Morgan fingerprint density at radius 2 is 1.27 bits per heavy atom. The number of carbonyl (C=O) groups is 1. The Hall–Kier alpha value is -3.69. The third kappa shape index (κ3) is 9.60. The molecule has 4 aromatic rings. The van der Waals surface area contributed by atoms with Gasteiger partial charge in [-0.1, -0.05) is 124 Å². The largest absolute Gasteiger partial charge is 0.411 e. The second-order valence-corrected chi connectivity index (χ2v) is 18.4. The molecule has 0 N–H and O–H groups in total. The highest BCUT2D eigenvalue weighted by Gasteiger charge is 2.38. The van der Waals surface area contributed by atoms with Crippen LogP contribution in [0.2, 0.25) is 18.1 Å². The van der Waals surface area contributed by atoms with Crippen molar-refractivity contribution in [1.29, 1.82) is 0 Å². The summed E-state index contributed by atoms with van der Waals surface area (Å²) in [5.41, 5.74) is 2.16. The van der Waals surface area contributed by atoms with Gasteiger partial charge in [-0.2, -0.15) is 0 Å². The normalized spacial score (nSPS) is 25.7. The van der Waals surface area contributed by atoms with Gasteiger partial charge in [0.05, 0.1) is 25.4 Å². The first-order valence-electron chi connectivity index (χ1n) is 18.6. The third-order valence-corrected chi connectivity index (χ3v) is 15.1. The molecule has 0 bridgehead atoms. The van der Waals surface area contributed by atoms with E-state index in [1.807, 2.05) is 6.08 Å². The summed E-state index contributed by atoms with van der Waals surface area (Å²) in [4.78, 5) is 11.5. The molecule has 0 aromatic heterocycles. The van der Waals surface area contributed by atoms with Crippen LogP contribution in [0.1, 0.15) is 51.2 Å². The maximum absolute atomic E-state index is 11.5. The summed E-state index contributed by atoms with van der Waals surface area (Å²) in [6.07, 6.45) is 12.4. The molecule has 2 heterocycles. The molecule has 0 amide bonds. The van der Waals surface area contributed by atoms with Gasteiger partial charge in [0.1, 0.15) is 24.6 Å². The zero-order valence-corrected chi connectivity index (χ0v) is 31.2. The van der Waals surface area contributed by atoms with Crippen LogP contribution in [0, 0.1) is 0 Å². The van der Waals surface area contributed by atoms with E-state index in [2.05, 4.69) is 130 Å². The van der Waals surface area contributed by atoms with Crippen LogP contribution in [0.15, 0.2) is 121 Å². The molecule has 0 unspecified atom stereocenters. The fourth-order valence-corrected chi connectivity index (χ4v) is 10.1. The summed E-state index contributed by atoms with van der Waals surface area (Å²) < 4.78 is 34.1. The number of aldehydes is 1. The quantitative estimate of drug-likeness (QED) is 0.0598. The van der Waals surface area contributed by atoms with Gasteiger partial charge in [0.15, 0.2) is 14.6 Å². The number of allylic oxidation sites excluding steroid dienone is 1. The third-order valence-electron chi connectivity index (χ3n) is 10.5. The zero-order chi connectivity index (χ0) is 35.5. The molecule has 7 heteroatoms. The van der Waals surface area contributed by atoms with E-state index in [1.54, 1.807) is 0 Å². The molecule has 0 saturated carbocycles. The van der Waals surface area contributed by atoms with Crippen molar-refractivity contribution in [2.24, 2.45) is 0 Å². The highest BCUT2D eigenvalue weighted by molar-refractivity contribution is 6.73. The molecule has 0 radical (unpaired) electrons. The number of carbonyl (C=O) groups excluding carboxylic acids is 1. The van der Waals surface area contributed by atoms with Crippen LogP contribution in [0.5, 0.6) is 0 Å². The topological polar surface area (TPSA) is 63.2 Å². The molecule has 51 heavy (non-hydrogen) atoms. The molecule has 4 aromatic carbocycles. The summed E-state index contributed by atoms with van der Waals surface area (Å²) in [7, 11) is -1.95. The summed E-state index contributed by atoms with van der Waals surface area (Å²) in [6.45, 7) is 7.50. The van der Waals surface area contributed by atoms with Crippen LogP contribution in [0.3, 0.4) is 0 Å². The van der Waals surface area contributed by atoms with Crippen LogP contribution in [-0.2, 0) is 41.4 Å². The first-order valence-corrected chi connectivity index (χ1v) is 21.2. The van der Waals surface area contributed by atoms with E-state index in [9.17, 15) is 4.79 Å². The van der Waals surface area contributed by atoms with Gasteiger partial charge in [0, 0.05) is 0 Å². The van der Waals surface area contributed by atoms with Crippen LogP contribution in [-0.4, -0.2) is 51.4 Å². The molecule has 6 atom stereocenters. The average molecular weight is 705 g/mol. The van der Waals surface area contributed by atoms with E-state index in [0.717, 1.165) is 35.5 Å². The van der Waals surface area contributed by atoms with Crippen molar-refractivity contribution in [3.8, 4) is 0 Å². The minimum atomic E-state index is -1.95. The van der Waals surface area contributed by atoms with Crippen LogP contribution < -0.4 is 0 Å². The van der Waals surface area contributed by atoms with E-state index in [-0.39, 0.29) is 24.4 Å². The van der Waals surface area contributed by atoms with Crippen LogP contribution in [0.4, 0.5) is 0 Å². The highest BCUT2D eigenvalue weighted by Crippen LogP contribution is 2.31. The van der Waals surface area contributed by atoms with E-state index in [4.69, 9.17) is 23.4 Å². The lowest BCUT2D eigenvalue weighted by Crippen LogP contribution is -2.48. The fourth-order valence-electron chi connectivity index (χ4n) is 7.20. The first kappa shape index (κ1) is 37.1. The minimum Gasteiger partial charge on any atom is -0.411 e. The zero-order valence-electron chi connectivity index (χ0n) is 30.2. The van der Waals surface area contributed by atoms with Gasteiger partial charge < -0.3 is 23.4 Å². The second-order valence-electron chi connectivity index (χ2n) is 13.7. The van der Waals surface area contributed by atoms with E-state index < -0.39 is 20.7 Å². The van der Waals surface area contributed by atoms with Gasteiger partial charge in [-0.25, -0.2) is 0 Å². The van der Waals surface area contributed by atoms with Crippen molar-refractivity contribution in [2.45, 2.75) is 108 Å². The number of hydrogen-bond donors (Lipinski definition) is 0. The Labute approximate surface area is 304 Å². The van der Waals surface area contributed by atoms with Gasteiger partial charge in [-0.15, -0.1) is 0 Å². The fraction of sp³-hybridized carbons (Fsp3) is 0.386. The van der Waals surface area contributed by atoms with Crippen LogP contribution in [0.25, 0.3) is 21.5 Å². The molecule has 0 spiro atoms. The molecule has 268 valence electrons. The maximum atomic E-state index is 11.5. The predicted octanol–water partition coefficient (Wildman–Crippen LogP) is 10.0. The van der Waals surface area contributed by atoms with Crippen molar-refractivity contribution in [1.82, 2.24) is 0 Å². The molecule has 0 saturated heterocycles.